The summed E-state index contributed by atoms with van der Waals surface area (Å²) in [6.45, 7) is 7.22. The van der Waals surface area contributed by atoms with Crippen LogP contribution in [-0.4, -0.2) is 20.4 Å². The molecule has 0 heterocycles. The molecular weight excluding hydrogens is 278 g/mol. The number of anilines is 1. The first-order valence-corrected chi connectivity index (χ1v) is 7.79. The minimum atomic E-state index is -3.82. The molecule has 20 heavy (non-hydrogen) atoms. The van der Waals surface area contributed by atoms with Crippen LogP contribution in [0.3, 0.4) is 0 Å². The van der Waals surface area contributed by atoms with Crippen LogP contribution >= 0.6 is 0 Å². The second-order valence-corrected chi connectivity index (χ2v) is 6.78. The Morgan fingerprint density at radius 2 is 1.80 bits per heavy atom. The maximum atomic E-state index is 12.0. The van der Waals surface area contributed by atoms with Crippen molar-refractivity contribution in [1.29, 1.82) is 0 Å². The summed E-state index contributed by atoms with van der Waals surface area (Å²) in [5.41, 5.74) is 7.68. The average Bonchev–Trinajstić information content (AvgIpc) is 2.32. The molecular formula is C13H21N3O3S. The van der Waals surface area contributed by atoms with Gasteiger partial charge in [0, 0.05) is 5.69 Å². The molecule has 0 spiro atoms. The Morgan fingerprint density at radius 3 is 2.25 bits per heavy atom. The van der Waals surface area contributed by atoms with Gasteiger partial charge in [-0.15, -0.1) is 0 Å². The number of nitrogens with one attached hydrogen (secondary N) is 1. The Kier molecular flexibility index (Phi) is 4.90. The molecule has 6 nitrogen and oxygen atoms in total. The van der Waals surface area contributed by atoms with E-state index in [4.69, 9.17) is 10.9 Å². The van der Waals surface area contributed by atoms with E-state index in [1.54, 1.807) is 13.8 Å². The number of rotatable bonds is 4. The molecule has 0 aliphatic carbocycles. The van der Waals surface area contributed by atoms with E-state index in [1.165, 1.54) is 12.1 Å². The molecule has 0 aliphatic rings. The molecule has 0 bridgehead atoms. The lowest BCUT2D eigenvalue weighted by atomic mass is 10.0. The van der Waals surface area contributed by atoms with Crippen molar-refractivity contribution in [2.75, 3.05) is 5.32 Å². The molecule has 1 aromatic carbocycles. The van der Waals surface area contributed by atoms with E-state index in [-0.39, 0.29) is 16.7 Å². The molecule has 0 saturated carbocycles. The van der Waals surface area contributed by atoms with Gasteiger partial charge in [-0.05, 0) is 43.0 Å². The van der Waals surface area contributed by atoms with Gasteiger partial charge in [0.2, 0.25) is 15.9 Å². The number of hydrogen-bond acceptors (Lipinski definition) is 4. The maximum Gasteiger partial charge on any atom is 0.241 e. The summed E-state index contributed by atoms with van der Waals surface area (Å²) in [7, 11) is -3.82. The largest absolute Gasteiger partial charge is 0.324 e. The summed E-state index contributed by atoms with van der Waals surface area (Å²) in [6.07, 6.45) is 0. The highest BCUT2D eigenvalue weighted by molar-refractivity contribution is 7.89. The number of hydrogen-bond donors (Lipinski definition) is 3. The monoisotopic (exact) mass is 299 g/mol. The number of amides is 1. The van der Waals surface area contributed by atoms with Crippen LogP contribution in [0.2, 0.25) is 0 Å². The third-order valence-corrected chi connectivity index (χ3v) is 4.14. The van der Waals surface area contributed by atoms with Crippen LogP contribution in [0.15, 0.2) is 17.0 Å². The molecule has 0 radical (unpaired) electrons. The Morgan fingerprint density at radius 1 is 1.25 bits per heavy atom. The Balaban J connectivity index is 3.19. The van der Waals surface area contributed by atoms with E-state index in [0.29, 0.717) is 5.69 Å². The van der Waals surface area contributed by atoms with Crippen LogP contribution in [0.4, 0.5) is 5.69 Å². The number of aryl methyl sites for hydroxylation is 1. The zero-order chi connectivity index (χ0) is 15.7. The van der Waals surface area contributed by atoms with Crippen LogP contribution in [0.1, 0.15) is 25.0 Å². The average molecular weight is 299 g/mol. The van der Waals surface area contributed by atoms with Crippen molar-refractivity contribution in [1.82, 2.24) is 0 Å². The molecule has 112 valence electrons. The van der Waals surface area contributed by atoms with Gasteiger partial charge < -0.3 is 11.1 Å². The van der Waals surface area contributed by atoms with Gasteiger partial charge in [0.15, 0.2) is 0 Å². The first-order chi connectivity index (χ1) is 9.04. The van der Waals surface area contributed by atoms with Gasteiger partial charge in [0.05, 0.1) is 10.9 Å². The molecule has 0 aliphatic heterocycles. The smallest absolute Gasteiger partial charge is 0.241 e. The van der Waals surface area contributed by atoms with Crippen LogP contribution in [0, 0.1) is 19.8 Å². The minimum absolute atomic E-state index is 0.0159. The van der Waals surface area contributed by atoms with Gasteiger partial charge in [-0.1, -0.05) is 13.8 Å². The first-order valence-electron chi connectivity index (χ1n) is 6.24. The van der Waals surface area contributed by atoms with E-state index in [0.717, 1.165) is 11.1 Å². The van der Waals surface area contributed by atoms with E-state index in [1.807, 2.05) is 13.8 Å². The minimum Gasteiger partial charge on any atom is -0.324 e. The zero-order valence-corrected chi connectivity index (χ0v) is 12.9. The third kappa shape index (κ3) is 3.78. The van der Waals surface area contributed by atoms with Crippen molar-refractivity contribution < 1.29 is 13.2 Å². The highest BCUT2D eigenvalue weighted by atomic mass is 32.2. The van der Waals surface area contributed by atoms with Gasteiger partial charge >= 0.3 is 0 Å². The van der Waals surface area contributed by atoms with E-state index >= 15 is 0 Å². The fourth-order valence-corrected chi connectivity index (χ4v) is 2.26. The highest BCUT2D eigenvalue weighted by Gasteiger charge is 2.19. The lowest BCUT2D eigenvalue weighted by Crippen LogP contribution is -2.40. The third-order valence-electron chi connectivity index (χ3n) is 3.25. The zero-order valence-electron chi connectivity index (χ0n) is 12.1. The lowest BCUT2D eigenvalue weighted by molar-refractivity contribution is -0.118. The Hall–Kier alpha value is -1.44. The highest BCUT2D eigenvalue weighted by Crippen LogP contribution is 2.23. The predicted octanol–water partition coefficient (Wildman–Crippen LogP) is 0.873. The summed E-state index contributed by atoms with van der Waals surface area (Å²) in [6, 6.07) is 2.17. The van der Waals surface area contributed by atoms with Gasteiger partial charge in [-0.3, -0.25) is 4.79 Å². The van der Waals surface area contributed by atoms with E-state index < -0.39 is 16.1 Å². The number of primary sulfonamides is 1. The molecule has 1 aromatic rings. The Labute approximate surface area is 119 Å². The summed E-state index contributed by atoms with van der Waals surface area (Å²) in [4.78, 5) is 11.9. The first kappa shape index (κ1) is 16.6. The molecule has 0 saturated heterocycles. The van der Waals surface area contributed by atoms with E-state index in [9.17, 15) is 13.2 Å². The molecule has 0 aromatic heterocycles. The van der Waals surface area contributed by atoms with Gasteiger partial charge in [-0.25, -0.2) is 13.6 Å². The Bertz CT molecular complexity index is 624. The maximum absolute atomic E-state index is 12.0. The van der Waals surface area contributed by atoms with E-state index in [2.05, 4.69) is 5.32 Å². The van der Waals surface area contributed by atoms with Gasteiger partial charge in [-0.2, -0.15) is 0 Å². The van der Waals surface area contributed by atoms with Crippen molar-refractivity contribution in [3.8, 4) is 0 Å². The van der Waals surface area contributed by atoms with Crippen LogP contribution in [-0.2, 0) is 14.8 Å². The number of nitrogens with two attached hydrogens (primary N) is 2. The molecule has 0 unspecified atom stereocenters. The molecule has 1 rings (SSSR count). The molecule has 7 heteroatoms. The van der Waals surface area contributed by atoms with Crippen molar-refractivity contribution >= 4 is 21.6 Å². The number of benzene rings is 1. The second-order valence-electron chi connectivity index (χ2n) is 5.22. The second kappa shape index (κ2) is 5.90. The quantitative estimate of drug-likeness (QED) is 0.765. The van der Waals surface area contributed by atoms with Gasteiger partial charge in [0.1, 0.15) is 0 Å². The van der Waals surface area contributed by atoms with Crippen LogP contribution < -0.4 is 16.2 Å². The number of carbonyl (C=O) groups excluding carboxylic acids is 1. The van der Waals surface area contributed by atoms with Crippen molar-refractivity contribution in [3.05, 3.63) is 23.3 Å². The molecule has 1 atom stereocenters. The number of sulfonamides is 1. The summed E-state index contributed by atoms with van der Waals surface area (Å²) in [5.74, 6) is -0.369. The number of carbonyl (C=O) groups is 1. The predicted molar refractivity (Wildman–Crippen MR) is 78.7 cm³/mol. The summed E-state index contributed by atoms with van der Waals surface area (Å²) < 4.78 is 22.8. The topological polar surface area (TPSA) is 115 Å². The summed E-state index contributed by atoms with van der Waals surface area (Å²) >= 11 is 0. The van der Waals surface area contributed by atoms with Crippen molar-refractivity contribution in [3.63, 3.8) is 0 Å². The lowest BCUT2D eigenvalue weighted by Gasteiger charge is -2.18. The fraction of sp³-hybridized carbons (Fsp3) is 0.462. The van der Waals surface area contributed by atoms with Crippen LogP contribution in [0.5, 0.6) is 0 Å². The molecule has 5 N–H and O–H groups in total. The standard InChI is InChI=1S/C13H21N3O3S/c1-7(2)12(14)13(17)16-11-6-10(20(15,18)19)5-8(3)9(11)4/h5-7,12H,14H2,1-4H3,(H,16,17)(H2,15,18,19)/t12-/m1/s1. The SMILES string of the molecule is Cc1cc(S(N)(=O)=O)cc(NC(=O)[C@H](N)C(C)C)c1C. The normalized spacial score (nSPS) is 13.3. The molecule has 1 amide bonds. The van der Waals surface area contributed by atoms with Crippen molar-refractivity contribution in [2.24, 2.45) is 16.8 Å². The van der Waals surface area contributed by atoms with Crippen LogP contribution in [0.25, 0.3) is 0 Å². The molecule has 0 fully saturated rings. The summed E-state index contributed by atoms with van der Waals surface area (Å²) in [5, 5.41) is 7.78. The fourth-order valence-electron chi connectivity index (χ4n) is 1.64. The van der Waals surface area contributed by atoms with Gasteiger partial charge in [0.25, 0.3) is 0 Å². The van der Waals surface area contributed by atoms with Crippen molar-refractivity contribution in [2.45, 2.75) is 38.6 Å².